The Morgan fingerprint density at radius 1 is 1.19 bits per heavy atom. The second kappa shape index (κ2) is 7.11. The quantitative estimate of drug-likeness (QED) is 0.787. The van der Waals surface area contributed by atoms with E-state index < -0.39 is 11.7 Å². The molecule has 2 fully saturated rings. The van der Waals surface area contributed by atoms with Gasteiger partial charge in [0.1, 0.15) is 11.6 Å². The summed E-state index contributed by atoms with van der Waals surface area (Å²) in [6.07, 6.45) is 0.832. The van der Waals surface area contributed by atoms with Gasteiger partial charge >= 0.3 is 6.18 Å². The van der Waals surface area contributed by atoms with E-state index in [4.69, 9.17) is 4.98 Å². The van der Waals surface area contributed by atoms with Gasteiger partial charge in [-0.05, 0) is 37.0 Å². The van der Waals surface area contributed by atoms with E-state index in [-0.39, 0.29) is 0 Å². The van der Waals surface area contributed by atoms with E-state index in [1.165, 1.54) is 25.0 Å². The third-order valence-corrected chi connectivity index (χ3v) is 5.42. The highest BCUT2D eigenvalue weighted by Gasteiger charge is 2.32. The third kappa shape index (κ3) is 4.24. The van der Waals surface area contributed by atoms with Crippen LogP contribution in [0.15, 0.2) is 36.5 Å². The van der Waals surface area contributed by atoms with Gasteiger partial charge in [0.2, 0.25) is 0 Å². The van der Waals surface area contributed by atoms with Crippen molar-refractivity contribution >= 4 is 5.82 Å². The molecule has 2 aromatic rings. The highest BCUT2D eigenvalue weighted by atomic mass is 19.4. The summed E-state index contributed by atoms with van der Waals surface area (Å²) in [5.41, 5.74) is 0.118. The number of nitrogens with zero attached hydrogens (tertiary/aromatic N) is 4. The molecule has 4 rings (SSSR count). The molecular formula is C20H23F3N4. The van der Waals surface area contributed by atoms with Crippen LogP contribution in [0.2, 0.25) is 0 Å². The van der Waals surface area contributed by atoms with E-state index >= 15 is 0 Å². The summed E-state index contributed by atoms with van der Waals surface area (Å²) in [4.78, 5) is 13.5. The SMILES string of the molecule is CN(c1ccnc(C2CC2)n1)C1CCN(Cc2cccc(C(F)(F)F)c2)C1. The van der Waals surface area contributed by atoms with Crippen molar-refractivity contribution in [2.75, 3.05) is 25.0 Å². The number of rotatable bonds is 5. The van der Waals surface area contributed by atoms with E-state index in [0.717, 1.165) is 37.2 Å². The monoisotopic (exact) mass is 376 g/mol. The highest BCUT2D eigenvalue weighted by Crippen LogP contribution is 2.38. The number of likely N-dealkylation sites (N-methyl/N-ethyl adjacent to an activating group) is 1. The minimum absolute atomic E-state index is 0.303. The van der Waals surface area contributed by atoms with E-state index in [9.17, 15) is 13.2 Å². The van der Waals surface area contributed by atoms with Crippen molar-refractivity contribution in [2.24, 2.45) is 0 Å². The third-order valence-electron chi connectivity index (χ3n) is 5.42. The first-order valence-corrected chi connectivity index (χ1v) is 9.34. The molecule has 0 bridgehead atoms. The second-order valence-electron chi connectivity index (χ2n) is 7.53. The van der Waals surface area contributed by atoms with Crippen molar-refractivity contribution in [3.63, 3.8) is 0 Å². The molecule has 2 aliphatic rings. The Hall–Kier alpha value is -2.15. The Morgan fingerprint density at radius 2 is 2.00 bits per heavy atom. The normalized spacial score (nSPS) is 20.8. The Balaban J connectivity index is 1.39. The van der Waals surface area contributed by atoms with Crippen LogP contribution in [0.4, 0.5) is 19.0 Å². The highest BCUT2D eigenvalue weighted by molar-refractivity contribution is 5.39. The van der Waals surface area contributed by atoms with Crippen LogP contribution in [-0.2, 0) is 12.7 Å². The lowest BCUT2D eigenvalue weighted by Crippen LogP contribution is -2.35. The number of anilines is 1. The Kier molecular flexibility index (Phi) is 4.80. The number of halogens is 3. The average Bonchev–Trinajstić information content (AvgIpc) is 3.40. The lowest BCUT2D eigenvalue weighted by Gasteiger charge is -2.26. The van der Waals surface area contributed by atoms with Gasteiger partial charge in [-0.15, -0.1) is 0 Å². The zero-order valence-corrected chi connectivity index (χ0v) is 15.3. The average molecular weight is 376 g/mol. The lowest BCUT2D eigenvalue weighted by molar-refractivity contribution is -0.137. The van der Waals surface area contributed by atoms with Crippen LogP contribution in [0, 0.1) is 0 Å². The molecule has 1 aromatic heterocycles. The fraction of sp³-hybridized carbons (Fsp3) is 0.500. The zero-order chi connectivity index (χ0) is 19.0. The topological polar surface area (TPSA) is 32.3 Å². The number of aromatic nitrogens is 2. The summed E-state index contributed by atoms with van der Waals surface area (Å²) < 4.78 is 38.7. The summed E-state index contributed by atoms with van der Waals surface area (Å²) in [5, 5.41) is 0. The molecule has 144 valence electrons. The maximum Gasteiger partial charge on any atom is 0.416 e. The standard InChI is InChI=1S/C20H23F3N4/c1-26(18-7-9-24-19(25-18)15-5-6-15)17-8-10-27(13-17)12-14-3-2-4-16(11-14)20(21,22)23/h2-4,7,9,11,15,17H,5-6,8,10,12-13H2,1H3. The molecule has 2 heterocycles. The second-order valence-corrected chi connectivity index (χ2v) is 7.53. The maximum absolute atomic E-state index is 12.9. The molecule has 1 saturated carbocycles. The van der Waals surface area contributed by atoms with Gasteiger partial charge in [0.25, 0.3) is 0 Å². The van der Waals surface area contributed by atoms with Gasteiger partial charge in [-0.25, -0.2) is 9.97 Å². The van der Waals surface area contributed by atoms with E-state index in [0.29, 0.717) is 24.1 Å². The molecule has 1 saturated heterocycles. The van der Waals surface area contributed by atoms with Crippen molar-refractivity contribution in [1.29, 1.82) is 0 Å². The lowest BCUT2D eigenvalue weighted by atomic mass is 10.1. The minimum Gasteiger partial charge on any atom is -0.355 e. The summed E-state index contributed by atoms with van der Waals surface area (Å²) in [7, 11) is 2.04. The van der Waals surface area contributed by atoms with Crippen molar-refractivity contribution in [2.45, 2.75) is 43.9 Å². The molecule has 1 aromatic carbocycles. The molecule has 7 heteroatoms. The van der Waals surface area contributed by atoms with E-state index in [1.54, 1.807) is 6.07 Å². The van der Waals surface area contributed by atoms with Gasteiger partial charge in [-0.3, -0.25) is 4.90 Å². The van der Waals surface area contributed by atoms with Crippen molar-refractivity contribution < 1.29 is 13.2 Å². The number of benzene rings is 1. The largest absolute Gasteiger partial charge is 0.416 e. The Labute approximate surface area is 157 Å². The molecule has 0 amide bonds. The van der Waals surface area contributed by atoms with Crippen LogP contribution in [0.25, 0.3) is 0 Å². The summed E-state index contributed by atoms with van der Waals surface area (Å²) in [6.45, 7) is 2.21. The first-order chi connectivity index (χ1) is 12.9. The number of likely N-dealkylation sites (tertiary alicyclic amines) is 1. The summed E-state index contributed by atoms with van der Waals surface area (Å²) in [5.74, 6) is 2.37. The van der Waals surface area contributed by atoms with Crippen LogP contribution < -0.4 is 4.90 Å². The first kappa shape index (κ1) is 18.2. The van der Waals surface area contributed by atoms with Gasteiger partial charge in [0.05, 0.1) is 5.56 Å². The van der Waals surface area contributed by atoms with Crippen molar-refractivity contribution in [3.05, 3.63) is 53.5 Å². The predicted octanol–water partition coefficient (Wildman–Crippen LogP) is 4.08. The summed E-state index contributed by atoms with van der Waals surface area (Å²) in [6, 6.07) is 7.86. The van der Waals surface area contributed by atoms with E-state index in [2.05, 4.69) is 14.8 Å². The molecule has 0 spiro atoms. The van der Waals surface area contributed by atoms with Crippen LogP contribution in [0.1, 0.15) is 42.1 Å². The number of hydrogen-bond acceptors (Lipinski definition) is 4. The number of hydrogen-bond donors (Lipinski definition) is 0. The molecule has 27 heavy (non-hydrogen) atoms. The molecule has 1 aliphatic heterocycles. The molecule has 1 aliphatic carbocycles. The fourth-order valence-corrected chi connectivity index (χ4v) is 3.66. The zero-order valence-electron chi connectivity index (χ0n) is 15.3. The predicted molar refractivity (Wildman–Crippen MR) is 97.5 cm³/mol. The minimum atomic E-state index is -4.30. The van der Waals surface area contributed by atoms with Gasteiger partial charge in [-0.2, -0.15) is 13.2 Å². The molecule has 4 nitrogen and oxygen atoms in total. The van der Waals surface area contributed by atoms with Crippen molar-refractivity contribution in [3.8, 4) is 0 Å². The van der Waals surface area contributed by atoms with Crippen LogP contribution in [-0.4, -0.2) is 41.0 Å². The van der Waals surface area contributed by atoms with Gasteiger partial charge in [0.15, 0.2) is 0 Å². The molecule has 0 radical (unpaired) electrons. The van der Waals surface area contributed by atoms with Crippen LogP contribution in [0.5, 0.6) is 0 Å². The van der Waals surface area contributed by atoms with E-state index in [1.807, 2.05) is 19.3 Å². The smallest absolute Gasteiger partial charge is 0.355 e. The van der Waals surface area contributed by atoms with Crippen LogP contribution in [0.3, 0.4) is 0 Å². The number of alkyl halides is 3. The summed E-state index contributed by atoms with van der Waals surface area (Å²) >= 11 is 0. The van der Waals surface area contributed by atoms with Crippen molar-refractivity contribution in [1.82, 2.24) is 14.9 Å². The van der Waals surface area contributed by atoms with Gasteiger partial charge in [-0.1, -0.05) is 18.2 Å². The Morgan fingerprint density at radius 3 is 2.74 bits per heavy atom. The van der Waals surface area contributed by atoms with Gasteiger partial charge in [0, 0.05) is 44.8 Å². The fourth-order valence-electron chi connectivity index (χ4n) is 3.66. The van der Waals surface area contributed by atoms with Crippen LogP contribution >= 0.6 is 0 Å². The maximum atomic E-state index is 12.9. The molecular weight excluding hydrogens is 353 g/mol. The molecule has 1 atom stereocenters. The van der Waals surface area contributed by atoms with Gasteiger partial charge < -0.3 is 4.90 Å². The molecule has 0 N–H and O–H groups in total. The Bertz CT molecular complexity index is 804. The first-order valence-electron chi connectivity index (χ1n) is 9.34. The molecule has 1 unspecified atom stereocenters.